The van der Waals surface area contributed by atoms with Gasteiger partial charge in [0.1, 0.15) is 11.6 Å². The monoisotopic (exact) mass is 362 g/mol. The van der Waals surface area contributed by atoms with E-state index >= 15 is 0 Å². The molecule has 0 saturated carbocycles. The van der Waals surface area contributed by atoms with E-state index in [0.29, 0.717) is 13.0 Å². The van der Waals surface area contributed by atoms with Gasteiger partial charge in [-0.05, 0) is 18.6 Å². The van der Waals surface area contributed by atoms with E-state index in [2.05, 4.69) is 10.1 Å². The van der Waals surface area contributed by atoms with Crippen molar-refractivity contribution in [1.82, 2.24) is 9.88 Å². The number of hydrogen-bond donors (Lipinski definition) is 1. The van der Waals surface area contributed by atoms with Gasteiger partial charge in [-0.3, -0.25) is 4.79 Å². The fourth-order valence-corrected chi connectivity index (χ4v) is 2.45. The number of hydrogen-bond acceptors (Lipinski definition) is 3. The number of nitrogens with zero attached hydrogens (tertiary/aromatic N) is 1. The van der Waals surface area contributed by atoms with Crippen molar-refractivity contribution < 1.29 is 31.8 Å². The van der Waals surface area contributed by atoms with Crippen LogP contribution in [0.2, 0.25) is 0 Å². The molecule has 0 saturated heterocycles. The minimum absolute atomic E-state index is 0.0849. The van der Waals surface area contributed by atoms with Crippen LogP contribution in [0.5, 0.6) is 5.75 Å². The number of rotatable bonds is 7. The molecular weight excluding hydrogens is 344 g/mol. The van der Waals surface area contributed by atoms with Gasteiger partial charge in [-0.25, -0.2) is 4.39 Å². The summed E-state index contributed by atoms with van der Waals surface area (Å²) in [4.78, 5) is 12.3. The van der Waals surface area contributed by atoms with Crippen molar-refractivity contribution in [2.45, 2.75) is 26.3 Å². The molecule has 0 bridgehead atoms. The summed E-state index contributed by atoms with van der Waals surface area (Å²) in [5.41, 5.74) is -0.223. The third-order valence-electron chi connectivity index (χ3n) is 3.47. The molecule has 0 unspecified atom stereocenters. The van der Waals surface area contributed by atoms with Crippen LogP contribution in [-0.4, -0.2) is 37.1 Å². The summed E-state index contributed by atoms with van der Waals surface area (Å²) in [6, 6.07) is 1.74. The lowest BCUT2D eigenvalue weighted by Gasteiger charge is -2.12. The maximum Gasteiger partial charge on any atom is 0.573 e. The number of halogens is 4. The molecule has 0 spiro atoms. The van der Waals surface area contributed by atoms with Crippen molar-refractivity contribution in [3.05, 3.63) is 29.7 Å². The molecule has 25 heavy (non-hydrogen) atoms. The van der Waals surface area contributed by atoms with Gasteiger partial charge in [0.15, 0.2) is 0 Å². The van der Waals surface area contributed by atoms with Crippen LogP contribution in [-0.2, 0) is 11.3 Å². The van der Waals surface area contributed by atoms with Crippen molar-refractivity contribution in [3.8, 4) is 5.75 Å². The number of alkyl halides is 3. The Bertz CT molecular complexity index is 756. The van der Waals surface area contributed by atoms with Crippen molar-refractivity contribution in [1.29, 1.82) is 0 Å². The number of methoxy groups -OCH3 is 1. The molecule has 1 aromatic carbocycles. The van der Waals surface area contributed by atoms with Gasteiger partial charge in [0.05, 0.1) is 23.1 Å². The van der Waals surface area contributed by atoms with E-state index in [4.69, 9.17) is 4.74 Å². The molecule has 0 aliphatic heterocycles. The van der Waals surface area contributed by atoms with E-state index in [1.807, 2.05) is 6.92 Å². The molecule has 0 atom stereocenters. The number of fused-ring (bicyclic) bond motifs is 1. The first-order valence-electron chi connectivity index (χ1n) is 7.62. The van der Waals surface area contributed by atoms with Gasteiger partial charge in [-0.15, -0.1) is 13.2 Å². The number of nitrogens with one attached hydrogen (secondary N) is 1. The fourth-order valence-electron chi connectivity index (χ4n) is 2.45. The fraction of sp³-hybridized carbons (Fsp3) is 0.438. The van der Waals surface area contributed by atoms with E-state index in [1.54, 1.807) is 0 Å². The molecule has 9 heteroatoms. The minimum Gasteiger partial charge on any atom is -0.405 e. The largest absolute Gasteiger partial charge is 0.573 e. The first kappa shape index (κ1) is 19.0. The molecule has 1 amide bonds. The molecule has 0 aliphatic rings. The van der Waals surface area contributed by atoms with E-state index in [0.717, 1.165) is 12.1 Å². The summed E-state index contributed by atoms with van der Waals surface area (Å²) in [7, 11) is 1.44. The molecule has 1 aromatic heterocycles. The summed E-state index contributed by atoms with van der Waals surface area (Å²) < 4.78 is 62.6. The Hall–Kier alpha value is -2.29. The summed E-state index contributed by atoms with van der Waals surface area (Å²) in [6.07, 6.45) is -3.01. The van der Waals surface area contributed by atoms with Gasteiger partial charge in [0, 0.05) is 26.4 Å². The standard InChI is InChI=1S/C16H18F4N2O3/c1-3-6-21-15(23)10-9-22(7-8-24-2)14-11(17)4-5-12(13(10)14)25-16(18,19)20/h4-5,9H,3,6-8H2,1-2H3,(H,21,23). The Kier molecular flexibility index (Phi) is 5.89. The summed E-state index contributed by atoms with van der Waals surface area (Å²) >= 11 is 0. The first-order chi connectivity index (χ1) is 11.8. The average molecular weight is 362 g/mol. The predicted molar refractivity (Wildman–Crippen MR) is 83.1 cm³/mol. The summed E-state index contributed by atoms with van der Waals surface area (Å²) in [6.45, 7) is 2.54. The lowest BCUT2D eigenvalue weighted by Crippen LogP contribution is -2.24. The van der Waals surface area contributed by atoms with Gasteiger partial charge >= 0.3 is 6.36 Å². The zero-order valence-electron chi connectivity index (χ0n) is 13.7. The topological polar surface area (TPSA) is 52.5 Å². The van der Waals surface area contributed by atoms with Crippen molar-refractivity contribution in [3.63, 3.8) is 0 Å². The van der Waals surface area contributed by atoms with Gasteiger partial charge in [0.2, 0.25) is 0 Å². The maximum absolute atomic E-state index is 14.3. The molecule has 0 fully saturated rings. The Balaban J connectivity index is 2.63. The van der Waals surface area contributed by atoms with E-state index in [9.17, 15) is 22.4 Å². The Morgan fingerprint density at radius 1 is 1.32 bits per heavy atom. The number of carbonyl (C=O) groups is 1. The van der Waals surface area contributed by atoms with E-state index < -0.39 is 23.8 Å². The van der Waals surface area contributed by atoms with Crippen molar-refractivity contribution >= 4 is 16.8 Å². The minimum atomic E-state index is -4.96. The Labute approximate surface area is 141 Å². The molecule has 2 aromatic rings. The lowest BCUT2D eigenvalue weighted by molar-refractivity contribution is -0.274. The highest BCUT2D eigenvalue weighted by Gasteiger charge is 2.33. The molecule has 138 valence electrons. The molecule has 5 nitrogen and oxygen atoms in total. The van der Waals surface area contributed by atoms with Gasteiger partial charge in [-0.1, -0.05) is 6.92 Å². The van der Waals surface area contributed by atoms with E-state index in [1.165, 1.54) is 17.9 Å². The van der Waals surface area contributed by atoms with Crippen LogP contribution >= 0.6 is 0 Å². The smallest absolute Gasteiger partial charge is 0.405 e. The average Bonchev–Trinajstić information content (AvgIpc) is 2.93. The molecule has 0 radical (unpaired) electrons. The number of ether oxygens (including phenoxy) is 2. The molecule has 1 heterocycles. The zero-order chi connectivity index (χ0) is 18.6. The van der Waals surface area contributed by atoms with Gasteiger partial charge in [-0.2, -0.15) is 0 Å². The molecule has 0 aliphatic carbocycles. The first-order valence-corrected chi connectivity index (χ1v) is 7.62. The van der Waals surface area contributed by atoms with Crippen LogP contribution in [0.4, 0.5) is 17.6 Å². The second kappa shape index (κ2) is 7.73. The van der Waals surface area contributed by atoms with Crippen LogP contribution in [0.15, 0.2) is 18.3 Å². The molecular formula is C16H18F4N2O3. The van der Waals surface area contributed by atoms with Crippen LogP contribution in [0.3, 0.4) is 0 Å². The second-order valence-corrected chi connectivity index (χ2v) is 5.30. The Morgan fingerprint density at radius 2 is 2.04 bits per heavy atom. The molecule has 1 N–H and O–H groups in total. The zero-order valence-corrected chi connectivity index (χ0v) is 13.7. The number of aromatic nitrogens is 1. The third kappa shape index (κ3) is 4.41. The Morgan fingerprint density at radius 3 is 2.64 bits per heavy atom. The SMILES string of the molecule is CCCNC(=O)c1cn(CCOC)c2c(F)ccc(OC(F)(F)F)c12. The number of benzene rings is 1. The van der Waals surface area contributed by atoms with Crippen LogP contribution < -0.4 is 10.1 Å². The number of amides is 1. The van der Waals surface area contributed by atoms with Gasteiger partial charge < -0.3 is 19.4 Å². The van der Waals surface area contributed by atoms with Crippen LogP contribution in [0.25, 0.3) is 10.9 Å². The normalized spacial score (nSPS) is 11.8. The van der Waals surface area contributed by atoms with Crippen LogP contribution in [0, 0.1) is 5.82 Å². The summed E-state index contributed by atoms with van der Waals surface area (Å²) in [5, 5.41) is 2.36. The maximum atomic E-state index is 14.3. The quantitative estimate of drug-likeness (QED) is 0.768. The molecule has 2 rings (SSSR count). The van der Waals surface area contributed by atoms with Crippen molar-refractivity contribution in [2.24, 2.45) is 0 Å². The highest BCUT2D eigenvalue weighted by molar-refractivity contribution is 6.09. The second-order valence-electron chi connectivity index (χ2n) is 5.30. The highest BCUT2D eigenvalue weighted by atomic mass is 19.4. The lowest BCUT2D eigenvalue weighted by atomic mass is 10.1. The van der Waals surface area contributed by atoms with Crippen LogP contribution in [0.1, 0.15) is 23.7 Å². The predicted octanol–water partition coefficient (Wildman–Crippen LogP) is 3.47. The third-order valence-corrected chi connectivity index (χ3v) is 3.47. The van der Waals surface area contributed by atoms with Gasteiger partial charge in [0.25, 0.3) is 5.91 Å². The number of carbonyl (C=O) groups excluding carboxylic acids is 1. The van der Waals surface area contributed by atoms with Crippen molar-refractivity contribution in [2.75, 3.05) is 20.3 Å². The van der Waals surface area contributed by atoms with E-state index in [-0.39, 0.29) is 29.6 Å². The highest BCUT2D eigenvalue weighted by Crippen LogP contribution is 2.35. The summed E-state index contributed by atoms with van der Waals surface area (Å²) in [5.74, 6) is -1.97.